The fourth-order valence-electron chi connectivity index (χ4n) is 2.69. The fourth-order valence-corrected chi connectivity index (χ4v) is 2.69. The summed E-state index contributed by atoms with van der Waals surface area (Å²) in [5, 5.41) is 2.90. The van der Waals surface area contributed by atoms with E-state index in [1.54, 1.807) is 0 Å². The van der Waals surface area contributed by atoms with Gasteiger partial charge in [0.25, 0.3) is 0 Å². The molecule has 1 aromatic heterocycles. The molecule has 5 nitrogen and oxygen atoms in total. The lowest BCUT2D eigenvalue weighted by atomic mass is 10.1. The Bertz CT molecular complexity index is 855. The van der Waals surface area contributed by atoms with Gasteiger partial charge in [-0.15, -0.1) is 12.4 Å². The van der Waals surface area contributed by atoms with E-state index >= 15 is 0 Å². The highest BCUT2D eigenvalue weighted by Crippen LogP contribution is 2.24. The van der Waals surface area contributed by atoms with E-state index in [4.69, 9.17) is 5.73 Å². The van der Waals surface area contributed by atoms with Crippen LogP contribution in [-0.4, -0.2) is 21.5 Å². The molecular formula is C19H23ClN4O. The molecule has 1 heterocycles. The Hall–Kier alpha value is -2.37. The smallest absolute Gasteiger partial charge is 0.224 e. The number of hydrogen-bond acceptors (Lipinski definition) is 3. The number of fused-ring (bicyclic) bond motifs is 1. The van der Waals surface area contributed by atoms with Gasteiger partial charge in [0.2, 0.25) is 5.91 Å². The van der Waals surface area contributed by atoms with Crippen molar-refractivity contribution in [2.75, 3.05) is 5.32 Å². The average molecular weight is 359 g/mol. The highest BCUT2D eigenvalue weighted by atomic mass is 35.5. The maximum Gasteiger partial charge on any atom is 0.224 e. The van der Waals surface area contributed by atoms with Gasteiger partial charge in [-0.3, -0.25) is 4.79 Å². The highest BCUT2D eigenvalue weighted by Gasteiger charge is 2.10. The maximum atomic E-state index is 11.9. The third kappa shape index (κ3) is 4.38. The molecule has 0 saturated carbocycles. The number of nitrogens with zero attached hydrogens (tertiary/aromatic N) is 2. The summed E-state index contributed by atoms with van der Waals surface area (Å²) in [5.74, 6) is 0.897. The molecule has 1 atom stereocenters. The van der Waals surface area contributed by atoms with E-state index in [2.05, 4.69) is 20.9 Å². The van der Waals surface area contributed by atoms with Gasteiger partial charge in [0, 0.05) is 30.8 Å². The van der Waals surface area contributed by atoms with Gasteiger partial charge in [-0.1, -0.05) is 12.1 Å². The second-order valence-electron chi connectivity index (χ2n) is 6.12. The van der Waals surface area contributed by atoms with Crippen molar-refractivity contribution in [1.29, 1.82) is 0 Å². The van der Waals surface area contributed by atoms with Gasteiger partial charge >= 0.3 is 0 Å². The summed E-state index contributed by atoms with van der Waals surface area (Å²) < 4.78 is 2.07. The van der Waals surface area contributed by atoms with E-state index in [1.165, 1.54) is 0 Å². The highest BCUT2D eigenvalue weighted by molar-refractivity contribution is 5.91. The van der Waals surface area contributed by atoms with Crippen molar-refractivity contribution in [3.8, 4) is 11.4 Å². The number of nitrogens with two attached hydrogens (primary N) is 1. The van der Waals surface area contributed by atoms with Gasteiger partial charge in [-0.25, -0.2) is 4.98 Å². The fraction of sp³-hybridized carbons (Fsp3) is 0.263. The van der Waals surface area contributed by atoms with Crippen LogP contribution >= 0.6 is 12.4 Å². The first-order chi connectivity index (χ1) is 11.5. The molecule has 6 heteroatoms. The largest absolute Gasteiger partial charge is 0.328 e. The summed E-state index contributed by atoms with van der Waals surface area (Å²) in [6.07, 6.45) is 1.12. The third-order valence-corrected chi connectivity index (χ3v) is 4.04. The topological polar surface area (TPSA) is 72.9 Å². The van der Waals surface area contributed by atoms with E-state index in [9.17, 15) is 4.79 Å². The Morgan fingerprint density at radius 1 is 1.20 bits per heavy atom. The molecule has 3 rings (SSSR count). The summed E-state index contributed by atoms with van der Waals surface area (Å²) in [4.78, 5) is 16.5. The number of carbonyl (C=O) groups is 1. The van der Waals surface area contributed by atoms with Crippen molar-refractivity contribution < 1.29 is 4.79 Å². The molecule has 3 aromatic rings. The first kappa shape index (κ1) is 19.0. The summed E-state index contributed by atoms with van der Waals surface area (Å²) in [6.45, 7) is 1.90. The summed E-state index contributed by atoms with van der Waals surface area (Å²) in [7, 11) is 2.01. The van der Waals surface area contributed by atoms with Gasteiger partial charge in [0.15, 0.2) is 0 Å². The first-order valence-corrected chi connectivity index (χ1v) is 8.12. The maximum absolute atomic E-state index is 11.9. The lowest BCUT2D eigenvalue weighted by molar-refractivity contribution is -0.116. The normalized spacial score (nSPS) is 11.8. The predicted molar refractivity (Wildman–Crippen MR) is 105 cm³/mol. The predicted octanol–water partition coefficient (Wildman–Crippen LogP) is 3.73. The summed E-state index contributed by atoms with van der Waals surface area (Å²) >= 11 is 0. The number of hydrogen-bond donors (Lipinski definition) is 2. The molecule has 1 amide bonds. The van der Waals surface area contributed by atoms with Gasteiger partial charge in [0.05, 0.1) is 11.0 Å². The van der Waals surface area contributed by atoms with Gasteiger partial charge in [-0.05, 0) is 49.7 Å². The van der Waals surface area contributed by atoms with Crippen LogP contribution in [0.2, 0.25) is 0 Å². The van der Waals surface area contributed by atoms with Crippen LogP contribution in [0.5, 0.6) is 0 Å². The Morgan fingerprint density at radius 3 is 2.52 bits per heavy atom. The number of aryl methyl sites for hydroxylation is 1. The number of halogens is 1. The molecule has 0 saturated heterocycles. The second-order valence-corrected chi connectivity index (χ2v) is 6.12. The molecule has 0 bridgehead atoms. The molecule has 0 aliphatic rings. The second kappa shape index (κ2) is 8.14. The molecular weight excluding hydrogens is 336 g/mol. The van der Waals surface area contributed by atoms with Crippen LogP contribution in [0.4, 0.5) is 5.69 Å². The van der Waals surface area contributed by atoms with Crippen LogP contribution in [0.15, 0.2) is 48.5 Å². The van der Waals surface area contributed by atoms with E-state index in [-0.39, 0.29) is 24.4 Å². The minimum Gasteiger partial charge on any atom is -0.328 e. The lowest BCUT2D eigenvalue weighted by Crippen LogP contribution is -2.19. The number of para-hydroxylation sites is 2. The van der Waals surface area contributed by atoms with E-state index in [0.717, 1.165) is 28.1 Å². The monoisotopic (exact) mass is 358 g/mol. The number of carbonyl (C=O) groups excluding carboxylic acids is 1. The number of benzene rings is 2. The quantitative estimate of drug-likeness (QED) is 0.729. The Balaban J connectivity index is 0.00000225. The molecule has 0 fully saturated rings. The standard InChI is InChI=1S/C19H22N4O.ClH/c1-13(20)7-12-18(24)21-15-10-8-14(9-11-15)19-22-16-5-3-4-6-17(16)23(19)2;/h3-6,8-11,13H,7,12,20H2,1-2H3,(H,21,24);1H. The molecule has 0 aliphatic heterocycles. The minimum absolute atomic E-state index is 0. The summed E-state index contributed by atoms with van der Waals surface area (Å²) in [6, 6.07) is 15.8. The molecule has 25 heavy (non-hydrogen) atoms. The molecule has 2 aromatic carbocycles. The number of nitrogens with one attached hydrogen (secondary N) is 1. The van der Waals surface area contributed by atoms with Crippen LogP contribution in [0.3, 0.4) is 0 Å². The van der Waals surface area contributed by atoms with Crippen LogP contribution in [0.25, 0.3) is 22.4 Å². The number of rotatable bonds is 5. The number of amides is 1. The minimum atomic E-state index is -0.0113. The Labute approximate surface area is 153 Å². The third-order valence-electron chi connectivity index (χ3n) is 4.04. The lowest BCUT2D eigenvalue weighted by Gasteiger charge is -2.08. The van der Waals surface area contributed by atoms with E-state index in [1.807, 2.05) is 56.4 Å². The molecule has 3 N–H and O–H groups in total. The van der Waals surface area contributed by atoms with Crippen molar-refractivity contribution in [3.05, 3.63) is 48.5 Å². The zero-order valence-electron chi connectivity index (χ0n) is 14.4. The van der Waals surface area contributed by atoms with Crippen LogP contribution < -0.4 is 11.1 Å². The van der Waals surface area contributed by atoms with Gasteiger partial charge in [0.1, 0.15) is 5.82 Å². The van der Waals surface area contributed by atoms with Crippen LogP contribution in [-0.2, 0) is 11.8 Å². The molecule has 132 valence electrons. The first-order valence-electron chi connectivity index (χ1n) is 8.12. The molecule has 0 aliphatic carbocycles. The van der Waals surface area contributed by atoms with Crippen molar-refractivity contribution in [1.82, 2.24) is 9.55 Å². The molecule has 0 radical (unpaired) electrons. The Morgan fingerprint density at radius 2 is 1.88 bits per heavy atom. The Kier molecular flexibility index (Phi) is 6.17. The van der Waals surface area contributed by atoms with Crippen LogP contribution in [0.1, 0.15) is 19.8 Å². The SMILES string of the molecule is CC(N)CCC(=O)Nc1ccc(-c2nc3ccccc3n2C)cc1.Cl. The van der Waals surface area contributed by atoms with Crippen molar-refractivity contribution >= 4 is 35.0 Å². The zero-order valence-corrected chi connectivity index (χ0v) is 15.2. The molecule has 1 unspecified atom stereocenters. The van der Waals surface area contributed by atoms with Crippen molar-refractivity contribution in [2.45, 2.75) is 25.8 Å². The van der Waals surface area contributed by atoms with Crippen molar-refractivity contribution in [2.24, 2.45) is 12.8 Å². The van der Waals surface area contributed by atoms with Gasteiger partial charge < -0.3 is 15.6 Å². The zero-order chi connectivity index (χ0) is 17.1. The van der Waals surface area contributed by atoms with Gasteiger partial charge in [-0.2, -0.15) is 0 Å². The number of imidazole rings is 1. The summed E-state index contributed by atoms with van der Waals surface area (Å²) in [5.41, 5.74) is 9.55. The van der Waals surface area contributed by atoms with Crippen molar-refractivity contribution in [3.63, 3.8) is 0 Å². The van der Waals surface area contributed by atoms with E-state index < -0.39 is 0 Å². The number of anilines is 1. The number of aromatic nitrogens is 2. The van der Waals surface area contributed by atoms with E-state index in [0.29, 0.717) is 12.8 Å². The van der Waals surface area contributed by atoms with Crippen LogP contribution in [0, 0.1) is 0 Å². The molecule has 0 spiro atoms. The average Bonchev–Trinajstić information content (AvgIpc) is 2.91.